The van der Waals surface area contributed by atoms with Crippen LogP contribution in [0.2, 0.25) is 0 Å². The predicted octanol–water partition coefficient (Wildman–Crippen LogP) is 4.02. The lowest BCUT2D eigenvalue weighted by molar-refractivity contribution is -0.111. The number of hydrogen-bond acceptors (Lipinski definition) is 1. The van der Waals surface area contributed by atoms with Gasteiger partial charge < -0.3 is 5.32 Å². The highest BCUT2D eigenvalue weighted by Gasteiger charge is 1.97. The van der Waals surface area contributed by atoms with E-state index in [2.05, 4.69) is 11.0 Å². The van der Waals surface area contributed by atoms with Crippen molar-refractivity contribution >= 4 is 17.2 Å². The number of benzene rings is 2. The van der Waals surface area contributed by atoms with Crippen molar-refractivity contribution in [1.29, 1.82) is 0 Å². The number of nitrogens with one attached hydrogen (secondary N) is 1. The standard InChI is InChI=1S/C17H14FNO/c1-13(14-8-10-15(18)11-9-14)7-12-17(20)19-16-5-3-2-4-6-16/h2-6,8-12H,1H3,(H,19,20). The Kier molecular flexibility index (Phi) is 4.48. The first-order chi connectivity index (χ1) is 9.65. The summed E-state index contributed by atoms with van der Waals surface area (Å²) in [7, 11) is 0. The second-order valence-corrected chi connectivity index (χ2v) is 4.28. The van der Waals surface area contributed by atoms with E-state index in [0.717, 1.165) is 16.8 Å². The van der Waals surface area contributed by atoms with Crippen molar-refractivity contribution in [1.82, 2.24) is 0 Å². The van der Waals surface area contributed by atoms with Crippen LogP contribution >= 0.6 is 0 Å². The van der Waals surface area contributed by atoms with Crippen molar-refractivity contribution in [2.24, 2.45) is 0 Å². The van der Waals surface area contributed by atoms with E-state index >= 15 is 0 Å². The van der Waals surface area contributed by atoms with Crippen LogP contribution in [-0.4, -0.2) is 5.91 Å². The number of halogens is 1. The van der Waals surface area contributed by atoms with Crippen LogP contribution in [0, 0.1) is 5.82 Å². The molecule has 0 aromatic heterocycles. The molecule has 0 saturated heterocycles. The minimum absolute atomic E-state index is 0.252. The van der Waals surface area contributed by atoms with Gasteiger partial charge in [0.2, 0.25) is 0 Å². The second kappa shape index (κ2) is 6.50. The molecule has 0 aliphatic carbocycles. The summed E-state index contributed by atoms with van der Waals surface area (Å²) < 4.78 is 12.8. The molecule has 0 heterocycles. The van der Waals surface area contributed by atoms with E-state index in [0.29, 0.717) is 0 Å². The highest BCUT2D eigenvalue weighted by atomic mass is 19.1. The van der Waals surface area contributed by atoms with Crippen molar-refractivity contribution < 1.29 is 9.18 Å². The average molecular weight is 267 g/mol. The molecule has 3 heteroatoms. The zero-order chi connectivity index (χ0) is 14.4. The third-order valence-electron chi connectivity index (χ3n) is 2.74. The van der Waals surface area contributed by atoms with Crippen LogP contribution < -0.4 is 5.32 Å². The van der Waals surface area contributed by atoms with Crippen LogP contribution in [-0.2, 0) is 4.79 Å². The van der Waals surface area contributed by atoms with E-state index in [1.807, 2.05) is 37.3 Å². The number of anilines is 1. The summed E-state index contributed by atoms with van der Waals surface area (Å²) in [5.74, 6) is -0.537. The van der Waals surface area contributed by atoms with Crippen LogP contribution in [0.3, 0.4) is 0 Å². The first-order valence-corrected chi connectivity index (χ1v) is 6.20. The van der Waals surface area contributed by atoms with E-state index < -0.39 is 0 Å². The Morgan fingerprint density at radius 2 is 1.75 bits per heavy atom. The minimum atomic E-state index is -0.285. The molecular weight excluding hydrogens is 253 g/mol. The molecule has 0 bridgehead atoms. The molecule has 0 aliphatic rings. The quantitative estimate of drug-likeness (QED) is 0.660. The number of para-hydroxylation sites is 1. The van der Waals surface area contributed by atoms with Crippen LogP contribution in [0.1, 0.15) is 12.5 Å². The van der Waals surface area contributed by atoms with Crippen molar-refractivity contribution in [2.75, 3.05) is 5.32 Å². The molecule has 2 aromatic rings. The number of carbonyl (C=O) groups is 1. The van der Waals surface area contributed by atoms with Gasteiger partial charge in [-0.25, -0.2) is 4.39 Å². The van der Waals surface area contributed by atoms with Crippen molar-refractivity contribution in [3.8, 4) is 0 Å². The predicted molar refractivity (Wildman–Crippen MR) is 78.6 cm³/mol. The van der Waals surface area contributed by atoms with Gasteiger partial charge in [-0.1, -0.05) is 30.3 Å². The van der Waals surface area contributed by atoms with Crippen molar-refractivity contribution in [3.05, 3.63) is 77.8 Å². The average Bonchev–Trinajstić information content (AvgIpc) is 2.46. The lowest BCUT2D eigenvalue weighted by Crippen LogP contribution is -2.06. The molecule has 0 radical (unpaired) electrons. The van der Waals surface area contributed by atoms with Crippen molar-refractivity contribution in [3.63, 3.8) is 0 Å². The molecule has 2 aromatic carbocycles. The van der Waals surface area contributed by atoms with Gasteiger partial charge in [-0.05, 0) is 42.3 Å². The lowest BCUT2D eigenvalue weighted by atomic mass is 10.1. The Morgan fingerprint density at radius 1 is 1.10 bits per heavy atom. The van der Waals surface area contributed by atoms with Gasteiger partial charge >= 0.3 is 0 Å². The maximum absolute atomic E-state index is 12.8. The molecular formula is C17H14FNO. The number of amides is 1. The van der Waals surface area contributed by atoms with Crippen LogP contribution in [0.4, 0.5) is 10.1 Å². The molecule has 0 aliphatic heterocycles. The first-order valence-electron chi connectivity index (χ1n) is 6.20. The molecule has 1 N–H and O–H groups in total. The fourth-order valence-electron chi connectivity index (χ4n) is 1.66. The molecule has 0 atom stereocenters. The fraction of sp³-hybridized carbons (Fsp3) is 0.0588. The van der Waals surface area contributed by atoms with E-state index in [1.54, 1.807) is 12.1 Å². The molecule has 0 spiro atoms. The van der Waals surface area contributed by atoms with Gasteiger partial charge in [0, 0.05) is 11.8 Å². The van der Waals surface area contributed by atoms with Crippen LogP contribution in [0.15, 0.2) is 66.4 Å². The van der Waals surface area contributed by atoms with Gasteiger partial charge in [-0.2, -0.15) is 0 Å². The Bertz CT molecular complexity index is 653. The topological polar surface area (TPSA) is 29.1 Å². The molecule has 2 nitrogen and oxygen atoms in total. The highest BCUT2D eigenvalue weighted by molar-refractivity contribution is 5.99. The summed E-state index contributed by atoms with van der Waals surface area (Å²) in [5, 5.41) is 2.73. The zero-order valence-electron chi connectivity index (χ0n) is 11.1. The Morgan fingerprint density at radius 3 is 2.40 bits per heavy atom. The van der Waals surface area contributed by atoms with E-state index in [-0.39, 0.29) is 11.7 Å². The molecule has 0 unspecified atom stereocenters. The number of hydrogen-bond donors (Lipinski definition) is 1. The molecule has 0 fully saturated rings. The molecule has 0 saturated carbocycles. The van der Waals surface area contributed by atoms with Crippen molar-refractivity contribution in [2.45, 2.75) is 6.92 Å². The molecule has 1 amide bonds. The fourth-order valence-corrected chi connectivity index (χ4v) is 1.66. The SMILES string of the molecule is CC(=C=CC(=O)Nc1ccccc1)c1ccc(F)cc1. The number of rotatable bonds is 3. The Hall–Kier alpha value is -2.64. The van der Waals surface area contributed by atoms with E-state index in [9.17, 15) is 9.18 Å². The third-order valence-corrected chi connectivity index (χ3v) is 2.74. The van der Waals surface area contributed by atoms with E-state index in [4.69, 9.17) is 0 Å². The summed E-state index contributed by atoms with van der Waals surface area (Å²) in [6.45, 7) is 1.82. The molecule has 100 valence electrons. The lowest BCUT2D eigenvalue weighted by Gasteiger charge is -2.00. The summed E-state index contributed by atoms with van der Waals surface area (Å²) in [6.07, 6.45) is 1.34. The Balaban J connectivity index is 2.09. The van der Waals surface area contributed by atoms with Gasteiger partial charge in [0.1, 0.15) is 5.82 Å². The first kappa shape index (κ1) is 13.8. The molecule has 2 rings (SSSR count). The second-order valence-electron chi connectivity index (χ2n) is 4.28. The Labute approximate surface area is 117 Å². The minimum Gasteiger partial charge on any atom is -0.322 e. The van der Waals surface area contributed by atoms with E-state index in [1.165, 1.54) is 18.2 Å². The van der Waals surface area contributed by atoms with Gasteiger partial charge in [0.15, 0.2) is 0 Å². The summed E-state index contributed by atoms with van der Waals surface area (Å²) >= 11 is 0. The normalized spacial score (nSPS) is 9.50. The summed E-state index contributed by atoms with van der Waals surface area (Å²) in [4.78, 5) is 11.7. The maximum Gasteiger partial charge on any atom is 0.256 e. The van der Waals surface area contributed by atoms with Crippen LogP contribution in [0.25, 0.3) is 5.57 Å². The third kappa shape index (κ3) is 3.94. The van der Waals surface area contributed by atoms with Gasteiger partial charge in [-0.3, -0.25) is 4.79 Å². The maximum atomic E-state index is 12.8. The van der Waals surface area contributed by atoms with Gasteiger partial charge in [-0.15, -0.1) is 5.73 Å². The molecule has 20 heavy (non-hydrogen) atoms. The highest BCUT2D eigenvalue weighted by Crippen LogP contribution is 2.12. The largest absolute Gasteiger partial charge is 0.322 e. The van der Waals surface area contributed by atoms with Gasteiger partial charge in [0.25, 0.3) is 5.91 Å². The summed E-state index contributed by atoms with van der Waals surface area (Å²) in [6, 6.07) is 15.3. The number of carbonyl (C=O) groups excluding carboxylic acids is 1. The summed E-state index contributed by atoms with van der Waals surface area (Å²) in [5.41, 5.74) is 5.23. The zero-order valence-corrected chi connectivity index (χ0v) is 11.1. The smallest absolute Gasteiger partial charge is 0.256 e. The van der Waals surface area contributed by atoms with Crippen LogP contribution in [0.5, 0.6) is 0 Å². The van der Waals surface area contributed by atoms with Gasteiger partial charge in [0.05, 0.1) is 0 Å². The monoisotopic (exact) mass is 267 g/mol.